The molecule has 0 radical (unpaired) electrons. The molecule has 1 rings (SSSR count). The van der Waals surface area contributed by atoms with Gasteiger partial charge < -0.3 is 10.2 Å². The zero-order chi connectivity index (χ0) is 10.2. The van der Waals surface area contributed by atoms with Crippen molar-refractivity contribution < 1.29 is 4.79 Å². The zero-order valence-electron chi connectivity index (χ0n) is 8.60. The molecule has 0 aromatic carbocycles. The first-order valence-electron chi connectivity index (χ1n) is 5.38. The monoisotopic (exact) mass is 218 g/mol. The van der Waals surface area contributed by atoms with E-state index in [4.69, 9.17) is 11.6 Å². The minimum Gasteiger partial charge on any atom is -0.354 e. The Labute approximate surface area is 90.8 Å². The van der Waals surface area contributed by atoms with Crippen molar-refractivity contribution in [1.82, 2.24) is 10.2 Å². The molecular weight excluding hydrogens is 200 g/mol. The molecule has 3 nitrogen and oxygen atoms in total. The van der Waals surface area contributed by atoms with Gasteiger partial charge in [0.25, 0.3) is 0 Å². The van der Waals surface area contributed by atoms with Gasteiger partial charge >= 0.3 is 0 Å². The lowest BCUT2D eigenvalue weighted by Gasteiger charge is -2.19. The summed E-state index contributed by atoms with van der Waals surface area (Å²) in [7, 11) is 0. The number of hydrogen-bond acceptors (Lipinski definition) is 2. The number of amides is 1. The predicted molar refractivity (Wildman–Crippen MR) is 58.6 cm³/mol. The Bertz CT molecular complexity index is 168. The van der Waals surface area contributed by atoms with Crippen LogP contribution in [0.1, 0.15) is 25.7 Å². The highest BCUT2D eigenvalue weighted by Gasteiger charge is 2.08. The fraction of sp³-hybridized carbons (Fsp3) is 0.900. The second-order valence-corrected chi connectivity index (χ2v) is 4.01. The number of likely N-dealkylation sites (tertiary alicyclic amines) is 1. The summed E-state index contributed by atoms with van der Waals surface area (Å²) < 4.78 is 0. The SMILES string of the molecule is O=C(CCl)NCCN1CCCCCC1. The maximum Gasteiger partial charge on any atom is 0.234 e. The van der Waals surface area contributed by atoms with E-state index in [0.29, 0.717) is 0 Å². The van der Waals surface area contributed by atoms with Crippen molar-refractivity contribution in [3.63, 3.8) is 0 Å². The highest BCUT2D eigenvalue weighted by Crippen LogP contribution is 2.08. The fourth-order valence-corrected chi connectivity index (χ4v) is 1.85. The van der Waals surface area contributed by atoms with Crippen LogP contribution in [0, 0.1) is 0 Å². The van der Waals surface area contributed by atoms with Gasteiger partial charge in [-0.2, -0.15) is 0 Å². The molecule has 1 aliphatic heterocycles. The van der Waals surface area contributed by atoms with Crippen LogP contribution in [0.2, 0.25) is 0 Å². The van der Waals surface area contributed by atoms with E-state index < -0.39 is 0 Å². The van der Waals surface area contributed by atoms with E-state index in [1.165, 1.54) is 38.8 Å². The van der Waals surface area contributed by atoms with Gasteiger partial charge in [0.05, 0.1) is 0 Å². The average Bonchev–Trinajstić information content (AvgIpc) is 2.46. The summed E-state index contributed by atoms with van der Waals surface area (Å²) in [6.45, 7) is 4.04. The molecule has 0 saturated carbocycles. The lowest BCUT2D eigenvalue weighted by atomic mass is 10.2. The molecule has 0 aromatic heterocycles. The zero-order valence-corrected chi connectivity index (χ0v) is 9.35. The van der Waals surface area contributed by atoms with Crippen molar-refractivity contribution in [2.24, 2.45) is 0 Å². The van der Waals surface area contributed by atoms with Crippen molar-refractivity contribution >= 4 is 17.5 Å². The first-order valence-corrected chi connectivity index (χ1v) is 5.91. The van der Waals surface area contributed by atoms with Crippen molar-refractivity contribution in [3.05, 3.63) is 0 Å². The van der Waals surface area contributed by atoms with Crippen LogP contribution in [0.5, 0.6) is 0 Å². The number of halogens is 1. The van der Waals surface area contributed by atoms with Crippen molar-refractivity contribution in [3.8, 4) is 0 Å². The first-order chi connectivity index (χ1) is 6.83. The second-order valence-electron chi connectivity index (χ2n) is 3.74. The van der Waals surface area contributed by atoms with Crippen molar-refractivity contribution in [2.75, 3.05) is 32.1 Å². The van der Waals surface area contributed by atoms with Crippen molar-refractivity contribution in [1.29, 1.82) is 0 Å². The van der Waals surface area contributed by atoms with E-state index in [0.717, 1.165) is 13.1 Å². The Morgan fingerprint density at radius 2 is 1.86 bits per heavy atom. The lowest BCUT2D eigenvalue weighted by Crippen LogP contribution is -2.35. The van der Waals surface area contributed by atoms with Crippen LogP contribution in [-0.4, -0.2) is 42.9 Å². The number of carbonyl (C=O) groups excluding carboxylic acids is 1. The molecule has 1 amide bonds. The van der Waals surface area contributed by atoms with Crippen LogP contribution >= 0.6 is 11.6 Å². The van der Waals surface area contributed by atoms with Gasteiger partial charge in [0.2, 0.25) is 5.91 Å². The molecule has 1 fully saturated rings. The number of alkyl halides is 1. The Hall–Kier alpha value is -0.280. The third kappa shape index (κ3) is 4.82. The predicted octanol–water partition coefficient (Wildman–Crippen LogP) is 1.22. The fourth-order valence-electron chi connectivity index (χ4n) is 1.76. The summed E-state index contributed by atoms with van der Waals surface area (Å²) in [5.74, 6) is 0.00138. The number of hydrogen-bond donors (Lipinski definition) is 1. The molecule has 0 unspecified atom stereocenters. The molecule has 1 heterocycles. The van der Waals surface area contributed by atoms with Crippen LogP contribution in [0.25, 0.3) is 0 Å². The quantitative estimate of drug-likeness (QED) is 0.720. The molecular formula is C10H19ClN2O. The van der Waals surface area contributed by atoms with E-state index in [-0.39, 0.29) is 11.8 Å². The third-order valence-electron chi connectivity index (χ3n) is 2.57. The van der Waals surface area contributed by atoms with E-state index in [1.54, 1.807) is 0 Å². The molecule has 4 heteroatoms. The average molecular weight is 219 g/mol. The van der Waals surface area contributed by atoms with Gasteiger partial charge in [-0.3, -0.25) is 4.79 Å². The standard InChI is InChI=1S/C10H19ClN2O/c11-9-10(14)12-5-8-13-6-3-1-2-4-7-13/h1-9H2,(H,12,14). The van der Waals surface area contributed by atoms with Crippen LogP contribution in [0.15, 0.2) is 0 Å². The van der Waals surface area contributed by atoms with Gasteiger partial charge in [0.15, 0.2) is 0 Å². The largest absolute Gasteiger partial charge is 0.354 e. The number of nitrogens with one attached hydrogen (secondary N) is 1. The second kappa shape index (κ2) is 7.07. The summed E-state index contributed by atoms with van der Waals surface area (Å²) in [5.41, 5.74) is 0. The molecule has 1 aliphatic rings. The Morgan fingerprint density at radius 1 is 1.21 bits per heavy atom. The lowest BCUT2D eigenvalue weighted by molar-refractivity contribution is -0.118. The summed E-state index contributed by atoms with van der Waals surface area (Å²) in [5, 5.41) is 2.79. The molecule has 1 saturated heterocycles. The van der Waals surface area contributed by atoms with Gasteiger partial charge in [0, 0.05) is 13.1 Å². The molecule has 1 N–H and O–H groups in total. The molecule has 14 heavy (non-hydrogen) atoms. The van der Waals surface area contributed by atoms with Gasteiger partial charge in [-0.05, 0) is 25.9 Å². The Morgan fingerprint density at radius 3 is 2.43 bits per heavy atom. The molecule has 0 spiro atoms. The summed E-state index contributed by atoms with van der Waals surface area (Å²) in [4.78, 5) is 13.3. The number of rotatable bonds is 4. The number of nitrogens with zero attached hydrogens (tertiary/aromatic N) is 1. The molecule has 0 aromatic rings. The highest BCUT2D eigenvalue weighted by molar-refractivity contribution is 6.27. The maximum absolute atomic E-state index is 10.9. The molecule has 0 aliphatic carbocycles. The minimum atomic E-state index is -0.0681. The highest BCUT2D eigenvalue weighted by atomic mass is 35.5. The van der Waals surface area contributed by atoms with E-state index in [1.807, 2.05) is 0 Å². The minimum absolute atomic E-state index is 0.0681. The Kier molecular flexibility index (Phi) is 5.96. The smallest absolute Gasteiger partial charge is 0.234 e. The third-order valence-corrected chi connectivity index (χ3v) is 2.81. The molecule has 0 bridgehead atoms. The van der Waals surface area contributed by atoms with Crippen LogP contribution in [0.3, 0.4) is 0 Å². The van der Waals surface area contributed by atoms with Crippen LogP contribution in [0.4, 0.5) is 0 Å². The Balaban J connectivity index is 2.07. The topological polar surface area (TPSA) is 32.3 Å². The first kappa shape index (κ1) is 11.8. The summed E-state index contributed by atoms with van der Waals surface area (Å²) in [6.07, 6.45) is 5.29. The van der Waals surface area contributed by atoms with Gasteiger partial charge in [-0.15, -0.1) is 11.6 Å². The molecule has 0 atom stereocenters. The van der Waals surface area contributed by atoms with Crippen LogP contribution < -0.4 is 5.32 Å². The van der Waals surface area contributed by atoms with E-state index in [2.05, 4.69) is 10.2 Å². The van der Waals surface area contributed by atoms with Gasteiger partial charge in [-0.25, -0.2) is 0 Å². The van der Waals surface area contributed by atoms with E-state index >= 15 is 0 Å². The van der Waals surface area contributed by atoms with Crippen LogP contribution in [-0.2, 0) is 4.79 Å². The summed E-state index contributed by atoms with van der Waals surface area (Å²) in [6, 6.07) is 0. The summed E-state index contributed by atoms with van der Waals surface area (Å²) >= 11 is 5.37. The number of carbonyl (C=O) groups is 1. The van der Waals surface area contributed by atoms with Gasteiger partial charge in [0.1, 0.15) is 5.88 Å². The van der Waals surface area contributed by atoms with Crippen molar-refractivity contribution in [2.45, 2.75) is 25.7 Å². The van der Waals surface area contributed by atoms with E-state index in [9.17, 15) is 4.79 Å². The maximum atomic E-state index is 10.9. The molecule has 82 valence electrons. The normalized spacial score (nSPS) is 18.9. The van der Waals surface area contributed by atoms with Gasteiger partial charge in [-0.1, -0.05) is 12.8 Å².